The van der Waals surface area contributed by atoms with Crippen LogP contribution in [0.4, 0.5) is 0 Å². The highest BCUT2D eigenvalue weighted by Gasteiger charge is 2.11. The van der Waals surface area contributed by atoms with E-state index in [0.29, 0.717) is 5.69 Å². The Kier molecular flexibility index (Phi) is 2.84. The summed E-state index contributed by atoms with van der Waals surface area (Å²) in [6, 6.07) is 7.93. The molecule has 2 aromatic rings. The topological polar surface area (TPSA) is 50.8 Å². The molecule has 0 aliphatic carbocycles. The highest BCUT2D eigenvalue weighted by molar-refractivity contribution is 5.67. The highest BCUT2D eigenvalue weighted by Crippen LogP contribution is 2.27. The van der Waals surface area contributed by atoms with Gasteiger partial charge in [-0.25, -0.2) is 4.98 Å². The Balaban J connectivity index is 2.58. The second kappa shape index (κ2) is 4.30. The largest absolute Gasteiger partial charge is 0.496 e. The van der Waals surface area contributed by atoms with Gasteiger partial charge in [-0.15, -0.1) is 0 Å². The molecule has 86 valence electrons. The van der Waals surface area contributed by atoms with Gasteiger partial charge < -0.3 is 9.30 Å². The van der Waals surface area contributed by atoms with Crippen LogP contribution in [-0.4, -0.2) is 16.7 Å². The highest BCUT2D eigenvalue weighted by atomic mass is 16.5. The summed E-state index contributed by atoms with van der Waals surface area (Å²) in [7, 11) is 3.52. The van der Waals surface area contributed by atoms with Crippen molar-refractivity contribution < 1.29 is 4.74 Å². The molecule has 0 unspecified atom stereocenters. The van der Waals surface area contributed by atoms with Crippen molar-refractivity contribution >= 4 is 0 Å². The van der Waals surface area contributed by atoms with Crippen LogP contribution >= 0.6 is 0 Å². The average Bonchev–Trinajstić information content (AvgIpc) is 2.70. The number of benzene rings is 1. The molecule has 2 rings (SSSR count). The summed E-state index contributed by atoms with van der Waals surface area (Å²) in [5.41, 5.74) is 3.28. The van der Waals surface area contributed by atoms with Crippen molar-refractivity contribution in [2.75, 3.05) is 7.11 Å². The van der Waals surface area contributed by atoms with Crippen LogP contribution in [0.5, 0.6) is 5.75 Å². The van der Waals surface area contributed by atoms with Crippen LogP contribution in [0.15, 0.2) is 24.5 Å². The maximum Gasteiger partial charge on any atom is 0.166 e. The lowest BCUT2D eigenvalue weighted by Gasteiger charge is -2.08. The Morgan fingerprint density at radius 2 is 2.18 bits per heavy atom. The minimum absolute atomic E-state index is 0.442. The molecule has 0 spiro atoms. The lowest BCUT2D eigenvalue weighted by atomic mass is 10.1. The Morgan fingerprint density at radius 3 is 2.76 bits per heavy atom. The molecule has 0 saturated heterocycles. The molecule has 1 aromatic heterocycles. The standard InChI is InChI=1S/C13H13N3O/c1-9-6-10(4-5-12(9)17-3)13-11(7-14)15-8-16(13)2/h4-6,8H,1-3H3. The molecule has 0 saturated carbocycles. The number of aryl methyl sites for hydroxylation is 2. The third-order valence-corrected chi connectivity index (χ3v) is 2.71. The third kappa shape index (κ3) is 1.87. The molecule has 0 N–H and O–H groups in total. The second-order valence-corrected chi connectivity index (χ2v) is 3.85. The quantitative estimate of drug-likeness (QED) is 0.790. The van der Waals surface area contributed by atoms with E-state index in [4.69, 9.17) is 10.00 Å². The minimum Gasteiger partial charge on any atom is -0.496 e. The maximum absolute atomic E-state index is 9.01. The summed E-state index contributed by atoms with van der Waals surface area (Å²) in [6.07, 6.45) is 1.65. The summed E-state index contributed by atoms with van der Waals surface area (Å²) in [5.74, 6) is 0.842. The molecule has 0 radical (unpaired) electrons. The normalized spacial score (nSPS) is 10.0. The molecule has 4 nitrogen and oxygen atoms in total. The van der Waals surface area contributed by atoms with Gasteiger partial charge >= 0.3 is 0 Å². The summed E-state index contributed by atoms with van der Waals surface area (Å²) in [5, 5.41) is 9.01. The van der Waals surface area contributed by atoms with E-state index in [-0.39, 0.29) is 0 Å². The number of aromatic nitrogens is 2. The first-order chi connectivity index (χ1) is 8.17. The third-order valence-electron chi connectivity index (χ3n) is 2.71. The molecular weight excluding hydrogens is 214 g/mol. The van der Waals surface area contributed by atoms with Gasteiger partial charge in [0.05, 0.1) is 19.1 Å². The van der Waals surface area contributed by atoms with Crippen LogP contribution < -0.4 is 4.74 Å². The maximum atomic E-state index is 9.01. The SMILES string of the molecule is COc1ccc(-c2c(C#N)ncn2C)cc1C. The monoisotopic (exact) mass is 227 g/mol. The molecule has 1 heterocycles. The van der Waals surface area contributed by atoms with E-state index >= 15 is 0 Å². The predicted octanol–water partition coefficient (Wildman–Crippen LogP) is 2.28. The fourth-order valence-electron chi connectivity index (χ4n) is 1.88. The number of methoxy groups -OCH3 is 1. The second-order valence-electron chi connectivity index (χ2n) is 3.85. The number of nitriles is 1. The van der Waals surface area contributed by atoms with E-state index in [1.54, 1.807) is 13.4 Å². The van der Waals surface area contributed by atoms with E-state index in [2.05, 4.69) is 11.1 Å². The summed E-state index contributed by atoms with van der Waals surface area (Å²) < 4.78 is 7.06. The van der Waals surface area contributed by atoms with E-state index in [1.165, 1.54) is 0 Å². The number of rotatable bonds is 2. The van der Waals surface area contributed by atoms with Gasteiger partial charge in [0.1, 0.15) is 11.8 Å². The first kappa shape index (κ1) is 11.2. The zero-order valence-corrected chi connectivity index (χ0v) is 10.1. The predicted molar refractivity (Wildman–Crippen MR) is 64.6 cm³/mol. The van der Waals surface area contributed by atoms with Gasteiger partial charge in [0.25, 0.3) is 0 Å². The van der Waals surface area contributed by atoms with Crippen LogP contribution in [-0.2, 0) is 7.05 Å². The van der Waals surface area contributed by atoms with Crippen LogP contribution in [0, 0.1) is 18.3 Å². The number of hydrogen-bond acceptors (Lipinski definition) is 3. The molecule has 0 fully saturated rings. The van der Waals surface area contributed by atoms with Crippen LogP contribution in [0.3, 0.4) is 0 Å². The lowest BCUT2D eigenvalue weighted by Crippen LogP contribution is -1.93. The fourth-order valence-corrected chi connectivity index (χ4v) is 1.88. The van der Waals surface area contributed by atoms with Gasteiger partial charge in [-0.05, 0) is 30.7 Å². The van der Waals surface area contributed by atoms with Gasteiger partial charge in [0.2, 0.25) is 0 Å². The first-order valence-electron chi connectivity index (χ1n) is 5.23. The molecule has 4 heteroatoms. The van der Waals surface area contributed by atoms with Crippen LogP contribution in [0.25, 0.3) is 11.3 Å². The average molecular weight is 227 g/mol. The van der Waals surface area contributed by atoms with Crippen molar-refractivity contribution in [1.29, 1.82) is 5.26 Å². The molecular formula is C13H13N3O. The smallest absolute Gasteiger partial charge is 0.166 e. The van der Waals surface area contributed by atoms with Crippen molar-refractivity contribution in [3.05, 3.63) is 35.8 Å². The summed E-state index contributed by atoms with van der Waals surface area (Å²) >= 11 is 0. The van der Waals surface area contributed by atoms with E-state index in [1.807, 2.05) is 36.7 Å². The number of nitrogens with zero attached hydrogens (tertiary/aromatic N) is 3. The summed E-state index contributed by atoms with van der Waals surface area (Å²) in [4.78, 5) is 4.05. The van der Waals surface area contributed by atoms with E-state index in [0.717, 1.165) is 22.6 Å². The molecule has 17 heavy (non-hydrogen) atoms. The zero-order chi connectivity index (χ0) is 12.4. The van der Waals surface area contributed by atoms with E-state index < -0.39 is 0 Å². The van der Waals surface area contributed by atoms with Gasteiger partial charge in [-0.1, -0.05) is 0 Å². The Bertz CT molecular complexity index is 593. The molecule has 0 aliphatic rings. The van der Waals surface area contributed by atoms with Gasteiger partial charge in [-0.2, -0.15) is 5.26 Å². The lowest BCUT2D eigenvalue weighted by molar-refractivity contribution is 0.412. The van der Waals surface area contributed by atoms with Crippen molar-refractivity contribution in [2.24, 2.45) is 7.05 Å². The Morgan fingerprint density at radius 1 is 1.41 bits per heavy atom. The summed E-state index contributed by atoms with van der Waals surface area (Å²) in [6.45, 7) is 1.98. The van der Waals surface area contributed by atoms with Gasteiger partial charge in [-0.3, -0.25) is 0 Å². The Labute approximate surface area is 100 Å². The van der Waals surface area contributed by atoms with E-state index in [9.17, 15) is 0 Å². The molecule has 0 bridgehead atoms. The number of hydrogen-bond donors (Lipinski definition) is 0. The van der Waals surface area contributed by atoms with Crippen molar-refractivity contribution in [3.8, 4) is 23.1 Å². The molecule has 1 aromatic carbocycles. The van der Waals surface area contributed by atoms with Crippen molar-refractivity contribution in [2.45, 2.75) is 6.92 Å². The minimum atomic E-state index is 0.442. The van der Waals surface area contributed by atoms with Crippen LogP contribution in [0.2, 0.25) is 0 Å². The number of imidazole rings is 1. The van der Waals surface area contributed by atoms with Crippen molar-refractivity contribution in [1.82, 2.24) is 9.55 Å². The van der Waals surface area contributed by atoms with Crippen LogP contribution in [0.1, 0.15) is 11.3 Å². The Hall–Kier alpha value is -2.28. The van der Waals surface area contributed by atoms with Gasteiger partial charge in [0.15, 0.2) is 5.69 Å². The number of ether oxygens (including phenoxy) is 1. The molecule has 0 atom stereocenters. The fraction of sp³-hybridized carbons (Fsp3) is 0.231. The molecule has 0 aliphatic heterocycles. The van der Waals surface area contributed by atoms with Gasteiger partial charge in [0, 0.05) is 12.6 Å². The zero-order valence-electron chi connectivity index (χ0n) is 10.1. The van der Waals surface area contributed by atoms with Crippen molar-refractivity contribution in [3.63, 3.8) is 0 Å². The first-order valence-corrected chi connectivity index (χ1v) is 5.23. The molecule has 0 amide bonds.